The molecule has 2 aromatic carbocycles. The van der Waals surface area contributed by atoms with Gasteiger partial charge in [0.2, 0.25) is 0 Å². The summed E-state index contributed by atoms with van der Waals surface area (Å²) in [4.78, 5) is 11.7. The van der Waals surface area contributed by atoms with Gasteiger partial charge in [-0.25, -0.2) is 4.79 Å². The molecule has 0 atom stereocenters. The average Bonchev–Trinajstić information content (AvgIpc) is 2.53. The van der Waals surface area contributed by atoms with Crippen LogP contribution < -0.4 is 4.74 Å². The molecule has 0 unspecified atom stereocenters. The number of esters is 1. The van der Waals surface area contributed by atoms with Crippen LogP contribution in [0, 0.1) is 0 Å². The lowest BCUT2D eigenvalue weighted by Gasteiger charge is -2.09. The second-order valence-corrected chi connectivity index (χ2v) is 5.29. The Morgan fingerprint density at radius 3 is 2.50 bits per heavy atom. The maximum absolute atomic E-state index is 11.7. The molecule has 2 aromatic rings. The topological polar surface area (TPSA) is 35.5 Å². The number of benzene rings is 2. The van der Waals surface area contributed by atoms with Gasteiger partial charge in [-0.1, -0.05) is 48.0 Å². The highest BCUT2D eigenvalue weighted by Crippen LogP contribution is 2.26. The largest absolute Gasteiger partial charge is 0.487 e. The van der Waals surface area contributed by atoms with Crippen LogP contribution in [-0.4, -0.2) is 12.6 Å². The normalized spacial score (nSPS) is 10.1. The molecule has 0 N–H and O–H groups in total. The first-order valence-corrected chi connectivity index (χ1v) is 7.30. The second kappa shape index (κ2) is 7.87. The third-order valence-electron chi connectivity index (χ3n) is 2.81. The highest BCUT2D eigenvalue weighted by Gasteiger charge is 2.10. The fourth-order valence-electron chi connectivity index (χ4n) is 1.70. The van der Waals surface area contributed by atoms with E-state index in [0.29, 0.717) is 28.0 Å². The van der Waals surface area contributed by atoms with Crippen molar-refractivity contribution in [1.29, 1.82) is 0 Å². The zero-order valence-electron chi connectivity index (χ0n) is 11.7. The van der Waals surface area contributed by atoms with Crippen molar-refractivity contribution in [3.63, 3.8) is 0 Å². The molecule has 0 aliphatic carbocycles. The fourth-order valence-corrected chi connectivity index (χ4v) is 2.07. The monoisotopic (exact) mass is 336 g/mol. The fraction of sp³-hybridized carbons (Fsp3) is 0.118. The van der Waals surface area contributed by atoms with Crippen molar-refractivity contribution in [1.82, 2.24) is 0 Å². The number of carbonyl (C=O) groups is 1. The van der Waals surface area contributed by atoms with E-state index >= 15 is 0 Å². The molecular weight excluding hydrogens is 323 g/mol. The quantitative estimate of drug-likeness (QED) is 0.555. The van der Waals surface area contributed by atoms with Crippen molar-refractivity contribution in [2.45, 2.75) is 6.61 Å². The molecule has 0 heterocycles. The number of carbonyl (C=O) groups excluding carboxylic acids is 1. The van der Waals surface area contributed by atoms with Gasteiger partial charge in [-0.3, -0.25) is 0 Å². The van der Waals surface area contributed by atoms with Crippen molar-refractivity contribution in [2.24, 2.45) is 0 Å². The van der Waals surface area contributed by atoms with Crippen molar-refractivity contribution in [3.05, 3.63) is 76.3 Å². The molecule has 0 bridgehead atoms. The molecule has 0 fully saturated rings. The zero-order valence-corrected chi connectivity index (χ0v) is 13.2. The molecule has 22 heavy (non-hydrogen) atoms. The van der Waals surface area contributed by atoms with Gasteiger partial charge < -0.3 is 9.47 Å². The Morgan fingerprint density at radius 1 is 1.14 bits per heavy atom. The van der Waals surface area contributed by atoms with Gasteiger partial charge in [0.05, 0.1) is 10.6 Å². The molecule has 0 aliphatic rings. The minimum Gasteiger partial charge on any atom is -0.487 e. The standard InChI is InChI=1S/C17H14Cl2O3/c1-2-9-21-17(20)13-5-8-16(15(19)10-13)22-11-12-3-6-14(18)7-4-12/h2-8,10H,1,9,11H2. The van der Waals surface area contributed by atoms with E-state index in [1.807, 2.05) is 12.1 Å². The van der Waals surface area contributed by atoms with Gasteiger partial charge in [0.15, 0.2) is 0 Å². The first kappa shape index (κ1) is 16.4. The summed E-state index contributed by atoms with van der Waals surface area (Å²) in [7, 11) is 0. The van der Waals surface area contributed by atoms with Crippen LogP contribution in [0.1, 0.15) is 15.9 Å². The first-order valence-electron chi connectivity index (χ1n) is 6.55. The predicted octanol–water partition coefficient (Wildman–Crippen LogP) is 4.92. The van der Waals surface area contributed by atoms with Crippen LogP contribution in [0.2, 0.25) is 10.0 Å². The molecular formula is C17H14Cl2O3. The lowest BCUT2D eigenvalue weighted by Crippen LogP contribution is -2.05. The summed E-state index contributed by atoms with van der Waals surface area (Å²) >= 11 is 12.0. The molecule has 3 nitrogen and oxygen atoms in total. The molecule has 0 radical (unpaired) electrons. The van der Waals surface area contributed by atoms with Crippen LogP contribution in [0.25, 0.3) is 0 Å². The van der Waals surface area contributed by atoms with Crippen molar-refractivity contribution in [2.75, 3.05) is 6.61 Å². The van der Waals surface area contributed by atoms with Gasteiger partial charge in [0, 0.05) is 5.02 Å². The van der Waals surface area contributed by atoms with Crippen LogP contribution in [-0.2, 0) is 11.3 Å². The summed E-state index contributed by atoms with van der Waals surface area (Å²) in [5.74, 6) is 0.0444. The molecule has 0 spiro atoms. The maximum atomic E-state index is 11.7. The summed E-state index contributed by atoms with van der Waals surface area (Å²) in [5, 5.41) is 1.02. The van der Waals surface area contributed by atoms with E-state index < -0.39 is 5.97 Å². The van der Waals surface area contributed by atoms with E-state index in [4.69, 9.17) is 32.7 Å². The Balaban J connectivity index is 2.01. The lowest BCUT2D eigenvalue weighted by molar-refractivity contribution is 0.0549. The van der Waals surface area contributed by atoms with Crippen LogP contribution in [0.5, 0.6) is 5.75 Å². The van der Waals surface area contributed by atoms with Gasteiger partial charge in [-0.05, 0) is 35.9 Å². The number of halogens is 2. The van der Waals surface area contributed by atoms with Crippen LogP contribution in [0.3, 0.4) is 0 Å². The Kier molecular flexibility index (Phi) is 5.87. The van der Waals surface area contributed by atoms with E-state index in [2.05, 4.69) is 6.58 Å². The van der Waals surface area contributed by atoms with E-state index in [1.54, 1.807) is 24.3 Å². The Hall–Kier alpha value is -1.97. The number of hydrogen-bond donors (Lipinski definition) is 0. The van der Waals surface area contributed by atoms with E-state index in [1.165, 1.54) is 12.1 Å². The summed E-state index contributed by atoms with van der Waals surface area (Å²) in [5.41, 5.74) is 1.33. The molecule has 0 aromatic heterocycles. The third-order valence-corrected chi connectivity index (χ3v) is 3.35. The first-order chi connectivity index (χ1) is 10.6. The van der Waals surface area contributed by atoms with Crippen LogP contribution in [0.15, 0.2) is 55.1 Å². The Bertz CT molecular complexity index is 666. The molecule has 0 saturated heterocycles. The van der Waals surface area contributed by atoms with E-state index in [9.17, 15) is 4.79 Å². The molecule has 0 saturated carbocycles. The summed E-state index contributed by atoms with van der Waals surface area (Å²) in [6, 6.07) is 12.1. The van der Waals surface area contributed by atoms with E-state index in [-0.39, 0.29) is 6.61 Å². The van der Waals surface area contributed by atoms with Gasteiger partial charge >= 0.3 is 5.97 Å². The highest BCUT2D eigenvalue weighted by atomic mass is 35.5. The number of hydrogen-bond acceptors (Lipinski definition) is 3. The van der Waals surface area contributed by atoms with Crippen molar-refractivity contribution >= 4 is 29.2 Å². The number of rotatable bonds is 6. The minimum atomic E-state index is -0.453. The average molecular weight is 337 g/mol. The molecule has 0 amide bonds. The highest BCUT2D eigenvalue weighted by molar-refractivity contribution is 6.32. The molecule has 114 valence electrons. The molecule has 5 heteroatoms. The van der Waals surface area contributed by atoms with Gasteiger partial charge in [-0.2, -0.15) is 0 Å². The van der Waals surface area contributed by atoms with Crippen molar-refractivity contribution < 1.29 is 14.3 Å². The Labute approximate surface area is 139 Å². The van der Waals surface area contributed by atoms with Gasteiger partial charge in [-0.15, -0.1) is 0 Å². The van der Waals surface area contributed by atoms with Gasteiger partial charge in [0.25, 0.3) is 0 Å². The summed E-state index contributed by atoms with van der Waals surface area (Å²) in [6.45, 7) is 4.00. The Morgan fingerprint density at radius 2 is 1.86 bits per heavy atom. The lowest BCUT2D eigenvalue weighted by atomic mass is 10.2. The molecule has 2 rings (SSSR count). The third kappa shape index (κ3) is 4.52. The van der Waals surface area contributed by atoms with Gasteiger partial charge in [0.1, 0.15) is 19.0 Å². The van der Waals surface area contributed by atoms with Crippen LogP contribution >= 0.6 is 23.2 Å². The summed E-state index contributed by atoms with van der Waals surface area (Å²) < 4.78 is 10.6. The minimum absolute atomic E-state index is 0.158. The zero-order chi connectivity index (χ0) is 15.9. The van der Waals surface area contributed by atoms with Crippen molar-refractivity contribution in [3.8, 4) is 5.75 Å². The SMILES string of the molecule is C=CCOC(=O)c1ccc(OCc2ccc(Cl)cc2)c(Cl)c1. The predicted molar refractivity (Wildman–Crippen MR) is 87.7 cm³/mol. The second-order valence-electron chi connectivity index (χ2n) is 4.45. The van der Waals surface area contributed by atoms with E-state index in [0.717, 1.165) is 5.56 Å². The van der Waals surface area contributed by atoms with Crippen LogP contribution in [0.4, 0.5) is 0 Å². The molecule has 0 aliphatic heterocycles. The smallest absolute Gasteiger partial charge is 0.338 e. The maximum Gasteiger partial charge on any atom is 0.338 e. The summed E-state index contributed by atoms with van der Waals surface area (Å²) in [6.07, 6.45) is 1.50. The number of ether oxygens (including phenoxy) is 2.